The molecular weight excluding hydrogens is 562 g/mol. The number of rotatable bonds is 7. The van der Waals surface area contributed by atoms with Gasteiger partial charge in [0.25, 0.3) is 0 Å². The standard InChI is InChI=1S/C31H26F2N4O4S/c1-34-31(38)29-25-15-24(19-4-5-20-17-35-37(26(20)14-19)23-12-10-22(33)11-13-23)27(36(2)42(3,39)40)16-28(25)41-30(29)18-6-8-21(32)9-7-18/h4-17,31,34,38H,1-3H3. The fourth-order valence-electron chi connectivity index (χ4n) is 5.03. The molecule has 1 atom stereocenters. The minimum atomic E-state index is -3.69. The molecule has 2 heterocycles. The van der Waals surface area contributed by atoms with Gasteiger partial charge < -0.3 is 9.52 Å². The average molecular weight is 589 g/mol. The first-order chi connectivity index (χ1) is 20.0. The van der Waals surface area contributed by atoms with Crippen LogP contribution in [0.4, 0.5) is 14.5 Å². The highest BCUT2D eigenvalue weighted by molar-refractivity contribution is 7.92. The molecular formula is C31H26F2N4O4S. The summed E-state index contributed by atoms with van der Waals surface area (Å²) in [6.45, 7) is 0. The van der Waals surface area contributed by atoms with Gasteiger partial charge in [-0.05, 0) is 73.3 Å². The number of benzene rings is 4. The first-order valence-electron chi connectivity index (χ1n) is 12.9. The molecule has 0 fully saturated rings. The van der Waals surface area contributed by atoms with Gasteiger partial charge in [0.1, 0.15) is 29.2 Å². The van der Waals surface area contributed by atoms with Gasteiger partial charge in [0.15, 0.2) is 0 Å². The molecule has 0 bridgehead atoms. The summed E-state index contributed by atoms with van der Waals surface area (Å²) >= 11 is 0. The topological polar surface area (TPSA) is 101 Å². The lowest BCUT2D eigenvalue weighted by Crippen LogP contribution is -2.25. The van der Waals surface area contributed by atoms with Gasteiger partial charge in [0.2, 0.25) is 10.0 Å². The fourth-order valence-corrected chi connectivity index (χ4v) is 5.54. The second-order valence-electron chi connectivity index (χ2n) is 9.95. The maximum atomic E-state index is 13.7. The third-order valence-electron chi connectivity index (χ3n) is 7.29. The van der Waals surface area contributed by atoms with Crippen molar-refractivity contribution in [3.63, 3.8) is 0 Å². The summed E-state index contributed by atoms with van der Waals surface area (Å²) in [7, 11) is -0.643. The Bertz CT molecular complexity index is 2050. The monoisotopic (exact) mass is 588 g/mol. The van der Waals surface area contributed by atoms with E-state index in [2.05, 4.69) is 10.4 Å². The van der Waals surface area contributed by atoms with E-state index in [1.165, 1.54) is 31.3 Å². The van der Waals surface area contributed by atoms with Crippen LogP contribution in [0.5, 0.6) is 0 Å². The summed E-state index contributed by atoms with van der Waals surface area (Å²) in [4.78, 5) is 0. The van der Waals surface area contributed by atoms with E-state index in [-0.39, 0.29) is 5.82 Å². The zero-order chi connectivity index (χ0) is 29.8. The molecule has 8 nitrogen and oxygen atoms in total. The minimum Gasteiger partial charge on any atom is -0.456 e. The average Bonchev–Trinajstić information content (AvgIpc) is 3.57. The zero-order valence-corrected chi connectivity index (χ0v) is 23.7. The molecule has 0 spiro atoms. The molecule has 0 radical (unpaired) electrons. The van der Waals surface area contributed by atoms with Crippen LogP contribution in [0.15, 0.2) is 89.5 Å². The molecule has 1 unspecified atom stereocenters. The van der Waals surface area contributed by atoms with Crippen LogP contribution < -0.4 is 9.62 Å². The van der Waals surface area contributed by atoms with Crippen molar-refractivity contribution in [2.75, 3.05) is 24.7 Å². The van der Waals surface area contributed by atoms with Crippen LogP contribution in [0, 0.1) is 11.6 Å². The summed E-state index contributed by atoms with van der Waals surface area (Å²) in [6.07, 6.45) is 1.66. The van der Waals surface area contributed by atoms with Crippen molar-refractivity contribution in [2.45, 2.75) is 6.23 Å². The number of fused-ring (bicyclic) bond motifs is 2. The zero-order valence-electron chi connectivity index (χ0n) is 22.8. The van der Waals surface area contributed by atoms with Crippen LogP contribution in [0.2, 0.25) is 0 Å². The SMILES string of the molecule is CNC(O)c1c(-c2ccc(F)cc2)oc2cc(N(C)S(C)(=O)=O)c(-c3ccc4cnn(-c5ccc(F)cc5)c4c3)cc12. The van der Waals surface area contributed by atoms with Crippen molar-refractivity contribution in [1.82, 2.24) is 15.1 Å². The first kappa shape index (κ1) is 27.6. The molecule has 0 saturated carbocycles. The molecule has 0 aliphatic heterocycles. The number of halogens is 2. The molecule has 2 N–H and O–H groups in total. The molecule has 6 rings (SSSR count). The predicted octanol–water partition coefficient (Wildman–Crippen LogP) is 5.99. The molecule has 42 heavy (non-hydrogen) atoms. The highest BCUT2D eigenvalue weighted by atomic mass is 32.2. The number of anilines is 1. The van der Waals surface area contributed by atoms with Crippen LogP contribution >= 0.6 is 0 Å². The van der Waals surface area contributed by atoms with Gasteiger partial charge in [-0.3, -0.25) is 9.62 Å². The van der Waals surface area contributed by atoms with Gasteiger partial charge in [-0.15, -0.1) is 0 Å². The molecule has 0 amide bonds. The van der Waals surface area contributed by atoms with Crippen LogP contribution in [-0.4, -0.2) is 43.7 Å². The third-order valence-corrected chi connectivity index (χ3v) is 8.48. The Labute approximate surface area is 240 Å². The van der Waals surface area contributed by atoms with E-state index in [1.54, 1.807) is 54.3 Å². The maximum Gasteiger partial charge on any atom is 0.232 e. The highest BCUT2D eigenvalue weighted by Gasteiger charge is 2.26. The van der Waals surface area contributed by atoms with E-state index in [1.807, 2.05) is 18.2 Å². The van der Waals surface area contributed by atoms with E-state index in [9.17, 15) is 22.3 Å². The molecule has 4 aromatic carbocycles. The van der Waals surface area contributed by atoms with Crippen molar-refractivity contribution in [3.05, 3.63) is 102 Å². The predicted molar refractivity (Wildman–Crippen MR) is 159 cm³/mol. The number of aliphatic hydroxyl groups excluding tert-OH is 1. The van der Waals surface area contributed by atoms with E-state index < -0.39 is 22.1 Å². The number of sulfonamides is 1. The van der Waals surface area contributed by atoms with Crippen LogP contribution in [-0.2, 0) is 10.0 Å². The molecule has 0 aliphatic rings. The quantitative estimate of drug-likeness (QED) is 0.222. The normalized spacial score (nSPS) is 12.7. The molecule has 6 aromatic rings. The lowest BCUT2D eigenvalue weighted by atomic mass is 9.97. The van der Waals surface area contributed by atoms with Crippen molar-refractivity contribution in [1.29, 1.82) is 0 Å². The largest absolute Gasteiger partial charge is 0.456 e. The lowest BCUT2D eigenvalue weighted by molar-refractivity contribution is 0.150. The highest BCUT2D eigenvalue weighted by Crippen LogP contribution is 2.43. The molecule has 0 saturated heterocycles. The Kier molecular flexibility index (Phi) is 6.80. The number of nitrogens with one attached hydrogen (secondary N) is 1. The van der Waals surface area contributed by atoms with Gasteiger partial charge in [-0.1, -0.05) is 12.1 Å². The molecule has 214 valence electrons. The molecule has 0 aliphatic carbocycles. The van der Waals surface area contributed by atoms with E-state index in [0.717, 1.165) is 21.5 Å². The van der Waals surface area contributed by atoms with Crippen molar-refractivity contribution < 1.29 is 26.7 Å². The van der Waals surface area contributed by atoms with Crippen LogP contribution in [0.25, 0.3) is 50.0 Å². The molecule has 11 heteroatoms. The van der Waals surface area contributed by atoms with Gasteiger partial charge in [0.05, 0.1) is 29.3 Å². The van der Waals surface area contributed by atoms with E-state index in [4.69, 9.17) is 4.42 Å². The second-order valence-corrected chi connectivity index (χ2v) is 12.0. The third kappa shape index (κ3) is 4.81. The van der Waals surface area contributed by atoms with Gasteiger partial charge in [-0.2, -0.15) is 5.10 Å². The minimum absolute atomic E-state index is 0.321. The van der Waals surface area contributed by atoms with E-state index in [0.29, 0.717) is 50.4 Å². The summed E-state index contributed by atoms with van der Waals surface area (Å²) in [6, 6.07) is 20.6. The van der Waals surface area contributed by atoms with Gasteiger partial charge in [-0.25, -0.2) is 21.9 Å². The van der Waals surface area contributed by atoms with Crippen LogP contribution in [0.1, 0.15) is 11.8 Å². The number of hydrogen-bond acceptors (Lipinski definition) is 6. The van der Waals surface area contributed by atoms with Crippen LogP contribution in [0.3, 0.4) is 0 Å². The number of aliphatic hydroxyl groups is 1. The first-order valence-corrected chi connectivity index (χ1v) is 14.8. The summed E-state index contributed by atoms with van der Waals surface area (Å²) < 4.78 is 61.8. The number of furan rings is 1. The number of aromatic nitrogens is 2. The number of hydrogen-bond donors (Lipinski definition) is 2. The van der Waals surface area contributed by atoms with E-state index >= 15 is 0 Å². The lowest BCUT2D eigenvalue weighted by Gasteiger charge is -2.21. The molecule has 2 aromatic heterocycles. The maximum absolute atomic E-state index is 13.7. The van der Waals surface area contributed by atoms with Crippen molar-refractivity contribution in [2.24, 2.45) is 0 Å². The van der Waals surface area contributed by atoms with Crippen molar-refractivity contribution in [3.8, 4) is 28.1 Å². The smallest absolute Gasteiger partial charge is 0.232 e. The summed E-state index contributed by atoms with van der Waals surface area (Å²) in [5.74, 6) is -0.459. The summed E-state index contributed by atoms with van der Waals surface area (Å²) in [5.41, 5.74) is 4.26. The Morgan fingerprint density at radius 3 is 2.24 bits per heavy atom. The van der Waals surface area contributed by atoms with Crippen molar-refractivity contribution >= 4 is 37.6 Å². The Balaban J connectivity index is 1.63. The Morgan fingerprint density at radius 1 is 0.952 bits per heavy atom. The Morgan fingerprint density at radius 2 is 1.60 bits per heavy atom. The summed E-state index contributed by atoms with van der Waals surface area (Å²) in [5, 5.41) is 19.7. The van der Waals surface area contributed by atoms with Gasteiger partial charge >= 0.3 is 0 Å². The Hall–Kier alpha value is -4.58. The van der Waals surface area contributed by atoms with Gasteiger partial charge in [0, 0.05) is 40.6 Å². The second kappa shape index (κ2) is 10.4. The number of nitrogens with zero attached hydrogens (tertiary/aromatic N) is 3. The fraction of sp³-hybridized carbons (Fsp3) is 0.129.